The zero-order chi connectivity index (χ0) is 17.7. The monoisotopic (exact) mass is 360 g/mol. The van der Waals surface area contributed by atoms with Crippen molar-refractivity contribution in [3.63, 3.8) is 0 Å². The first-order chi connectivity index (χ1) is 11.2. The van der Waals surface area contributed by atoms with E-state index in [0.29, 0.717) is 4.90 Å². The maximum atomic E-state index is 14.2. The summed E-state index contributed by atoms with van der Waals surface area (Å²) in [5, 5.41) is 2.45. The third-order valence-corrected chi connectivity index (χ3v) is 4.27. The number of hydrogen-bond acceptors (Lipinski definition) is 3. The Labute approximate surface area is 140 Å². The van der Waals surface area contributed by atoms with Crippen molar-refractivity contribution in [1.29, 1.82) is 0 Å². The molecule has 128 valence electrons. The van der Waals surface area contributed by atoms with Crippen molar-refractivity contribution in [2.24, 2.45) is 0 Å². The maximum absolute atomic E-state index is 14.2. The number of anilines is 1. The number of carbonyl (C=O) groups excluding carboxylic acids is 2. The van der Waals surface area contributed by atoms with Crippen LogP contribution in [-0.4, -0.2) is 36.2 Å². The standard InChI is InChI=1S/C15H12ClF3N2O3/c1-2-24-12(22)9-5-6-21-13(23)20-11-4-3-8(16)7-10(11)14(9,21)15(17,18)19/h3-5,7H,2,6H2,1H3,(H,20,23). The molecule has 9 heteroatoms. The van der Waals surface area contributed by atoms with Crippen molar-refractivity contribution >= 4 is 29.3 Å². The molecule has 1 unspecified atom stereocenters. The lowest BCUT2D eigenvalue weighted by Gasteiger charge is -2.45. The first-order valence-corrected chi connectivity index (χ1v) is 7.44. The number of amides is 2. The summed E-state index contributed by atoms with van der Waals surface area (Å²) in [5.41, 5.74) is -3.90. The van der Waals surface area contributed by atoms with E-state index >= 15 is 0 Å². The molecule has 2 aliphatic heterocycles. The van der Waals surface area contributed by atoms with Gasteiger partial charge in [-0.1, -0.05) is 17.7 Å². The van der Waals surface area contributed by atoms with Gasteiger partial charge in [0, 0.05) is 22.8 Å². The smallest absolute Gasteiger partial charge is 0.420 e. The summed E-state index contributed by atoms with van der Waals surface area (Å²) in [5.74, 6) is -1.11. The Morgan fingerprint density at radius 1 is 1.46 bits per heavy atom. The number of fused-ring (bicyclic) bond motifs is 3. The van der Waals surface area contributed by atoms with Gasteiger partial charge in [-0.05, 0) is 25.1 Å². The fraction of sp³-hybridized carbons (Fsp3) is 0.333. The van der Waals surface area contributed by atoms with Crippen LogP contribution >= 0.6 is 11.6 Å². The highest BCUT2D eigenvalue weighted by atomic mass is 35.5. The van der Waals surface area contributed by atoms with Crippen molar-refractivity contribution < 1.29 is 27.5 Å². The van der Waals surface area contributed by atoms with Gasteiger partial charge < -0.3 is 10.1 Å². The summed E-state index contributed by atoms with van der Waals surface area (Å²) < 4.78 is 47.4. The fourth-order valence-electron chi connectivity index (χ4n) is 3.14. The van der Waals surface area contributed by atoms with Crippen molar-refractivity contribution in [2.45, 2.75) is 18.6 Å². The highest BCUT2D eigenvalue weighted by Gasteiger charge is 2.69. The molecule has 0 aromatic heterocycles. The largest absolute Gasteiger partial charge is 0.463 e. The van der Waals surface area contributed by atoms with Crippen LogP contribution < -0.4 is 5.32 Å². The number of esters is 1. The number of rotatable bonds is 2. The molecule has 1 N–H and O–H groups in total. The van der Waals surface area contributed by atoms with Crippen LogP contribution in [0.5, 0.6) is 0 Å². The molecule has 0 saturated heterocycles. The van der Waals surface area contributed by atoms with E-state index in [1.807, 2.05) is 0 Å². The molecule has 0 spiro atoms. The second-order valence-corrected chi connectivity index (χ2v) is 5.71. The van der Waals surface area contributed by atoms with Crippen molar-refractivity contribution in [3.8, 4) is 0 Å². The SMILES string of the molecule is CCOC(=O)C1=CCN2C(=O)Nc3ccc(Cl)cc3C12C(F)(F)F. The molecule has 2 aliphatic rings. The van der Waals surface area contributed by atoms with E-state index in [1.165, 1.54) is 19.1 Å². The average molecular weight is 361 g/mol. The van der Waals surface area contributed by atoms with Crippen molar-refractivity contribution in [1.82, 2.24) is 4.90 Å². The van der Waals surface area contributed by atoms with E-state index in [4.69, 9.17) is 16.3 Å². The van der Waals surface area contributed by atoms with Gasteiger partial charge in [-0.3, -0.25) is 4.90 Å². The molecule has 0 aliphatic carbocycles. The molecule has 1 atom stereocenters. The first-order valence-electron chi connectivity index (χ1n) is 7.06. The Morgan fingerprint density at radius 3 is 2.79 bits per heavy atom. The second kappa shape index (κ2) is 5.41. The highest BCUT2D eigenvalue weighted by Crippen LogP contribution is 2.56. The molecule has 0 saturated carbocycles. The summed E-state index contributed by atoms with van der Waals surface area (Å²) in [7, 11) is 0. The summed E-state index contributed by atoms with van der Waals surface area (Å²) in [6.07, 6.45) is -3.87. The minimum absolute atomic E-state index is 0.0462. The number of alkyl halides is 3. The summed E-state index contributed by atoms with van der Waals surface area (Å²) in [6, 6.07) is 2.80. The van der Waals surface area contributed by atoms with Crippen LogP contribution in [0.2, 0.25) is 5.02 Å². The van der Waals surface area contributed by atoms with Crippen LogP contribution in [0.1, 0.15) is 12.5 Å². The minimum atomic E-state index is -4.95. The number of ether oxygens (including phenoxy) is 1. The van der Waals surface area contributed by atoms with Gasteiger partial charge in [-0.25, -0.2) is 9.59 Å². The van der Waals surface area contributed by atoms with E-state index < -0.39 is 29.3 Å². The minimum Gasteiger partial charge on any atom is -0.463 e. The summed E-state index contributed by atoms with van der Waals surface area (Å²) >= 11 is 5.87. The lowest BCUT2D eigenvalue weighted by molar-refractivity contribution is -0.212. The molecule has 0 bridgehead atoms. The Hall–Kier alpha value is -2.22. The topological polar surface area (TPSA) is 58.6 Å². The summed E-state index contributed by atoms with van der Waals surface area (Å²) in [6.45, 7) is 1.04. The lowest BCUT2D eigenvalue weighted by atomic mass is 9.80. The van der Waals surface area contributed by atoms with E-state index in [1.54, 1.807) is 0 Å². The van der Waals surface area contributed by atoms with Crippen molar-refractivity contribution in [2.75, 3.05) is 18.5 Å². The molecule has 24 heavy (non-hydrogen) atoms. The van der Waals surface area contributed by atoms with Crippen LogP contribution in [0.15, 0.2) is 29.8 Å². The van der Waals surface area contributed by atoms with Crippen LogP contribution in [0.4, 0.5) is 23.7 Å². The van der Waals surface area contributed by atoms with Crippen LogP contribution in [-0.2, 0) is 15.1 Å². The molecule has 3 rings (SSSR count). The van der Waals surface area contributed by atoms with Gasteiger partial charge in [0.2, 0.25) is 5.54 Å². The van der Waals surface area contributed by atoms with E-state index in [2.05, 4.69) is 5.32 Å². The van der Waals surface area contributed by atoms with Gasteiger partial charge in [0.05, 0.1) is 12.2 Å². The average Bonchev–Trinajstić information content (AvgIpc) is 2.90. The fourth-order valence-corrected chi connectivity index (χ4v) is 3.32. The third kappa shape index (κ3) is 2.09. The quantitative estimate of drug-likeness (QED) is 0.822. The Morgan fingerprint density at radius 2 is 2.17 bits per heavy atom. The third-order valence-electron chi connectivity index (χ3n) is 4.04. The molecule has 0 fully saturated rings. The van der Waals surface area contributed by atoms with Crippen LogP contribution in [0.25, 0.3) is 0 Å². The summed E-state index contributed by atoms with van der Waals surface area (Å²) in [4.78, 5) is 24.9. The molecular weight excluding hydrogens is 349 g/mol. The van der Waals surface area contributed by atoms with E-state index in [9.17, 15) is 22.8 Å². The molecule has 5 nitrogen and oxygen atoms in total. The zero-order valence-corrected chi connectivity index (χ0v) is 13.2. The van der Waals surface area contributed by atoms with Crippen LogP contribution in [0, 0.1) is 0 Å². The molecule has 2 amide bonds. The van der Waals surface area contributed by atoms with Gasteiger partial charge in [0.25, 0.3) is 0 Å². The second-order valence-electron chi connectivity index (χ2n) is 5.28. The molecular formula is C15H12ClF3N2O3. The predicted molar refractivity (Wildman–Crippen MR) is 79.6 cm³/mol. The zero-order valence-electron chi connectivity index (χ0n) is 12.4. The predicted octanol–water partition coefficient (Wildman–Crippen LogP) is 3.45. The Bertz CT molecular complexity index is 763. The van der Waals surface area contributed by atoms with Gasteiger partial charge >= 0.3 is 18.2 Å². The van der Waals surface area contributed by atoms with Gasteiger partial charge in [0.15, 0.2) is 0 Å². The van der Waals surface area contributed by atoms with Gasteiger partial charge in [-0.2, -0.15) is 13.2 Å². The molecule has 1 aromatic carbocycles. The normalized spacial score (nSPS) is 22.5. The number of halogens is 4. The van der Waals surface area contributed by atoms with Gasteiger partial charge in [0.1, 0.15) is 0 Å². The highest BCUT2D eigenvalue weighted by molar-refractivity contribution is 6.30. The van der Waals surface area contributed by atoms with Crippen molar-refractivity contribution in [3.05, 3.63) is 40.4 Å². The Kier molecular flexibility index (Phi) is 3.75. The molecule has 2 heterocycles. The van der Waals surface area contributed by atoms with Gasteiger partial charge in [-0.15, -0.1) is 0 Å². The Balaban J connectivity index is 2.32. The number of hydrogen-bond donors (Lipinski definition) is 1. The maximum Gasteiger partial charge on any atom is 0.420 e. The number of carbonyl (C=O) groups is 2. The number of urea groups is 1. The number of nitrogens with one attached hydrogen (secondary N) is 1. The number of nitrogens with zero attached hydrogens (tertiary/aromatic N) is 1. The first kappa shape index (κ1) is 16.6. The molecule has 0 radical (unpaired) electrons. The lowest BCUT2D eigenvalue weighted by Crippen LogP contribution is -2.61. The van der Waals surface area contributed by atoms with E-state index in [0.717, 1.165) is 12.1 Å². The molecule has 1 aromatic rings. The van der Waals surface area contributed by atoms with E-state index in [-0.39, 0.29) is 29.4 Å². The number of benzene rings is 1. The van der Waals surface area contributed by atoms with Crippen LogP contribution in [0.3, 0.4) is 0 Å².